The maximum Gasteiger partial charge on any atom is 0.310 e. The Labute approximate surface area is 105 Å². The second-order valence-corrected chi connectivity index (χ2v) is 4.09. The van der Waals surface area contributed by atoms with E-state index >= 15 is 0 Å². The summed E-state index contributed by atoms with van der Waals surface area (Å²) in [5, 5.41) is 0. The van der Waals surface area contributed by atoms with Crippen LogP contribution in [0, 0.1) is 3.70 Å². The second kappa shape index (κ2) is 6.07. The molecule has 0 aromatic carbocycles. The van der Waals surface area contributed by atoms with Crippen molar-refractivity contribution >= 4 is 28.6 Å². The van der Waals surface area contributed by atoms with E-state index in [-0.39, 0.29) is 24.2 Å². The van der Waals surface area contributed by atoms with E-state index in [9.17, 15) is 13.6 Å². The lowest BCUT2D eigenvalue weighted by atomic mass is 10.1. The van der Waals surface area contributed by atoms with Crippen LogP contribution in [0.3, 0.4) is 0 Å². The lowest BCUT2D eigenvalue weighted by molar-refractivity contribution is -0.142. The largest absolute Gasteiger partial charge is 0.466 e. The first-order valence-electron chi connectivity index (χ1n) is 4.62. The van der Waals surface area contributed by atoms with Crippen molar-refractivity contribution in [3.63, 3.8) is 0 Å². The number of hydrogen-bond acceptors (Lipinski definition) is 3. The number of aromatic nitrogens is 1. The molecule has 16 heavy (non-hydrogen) atoms. The highest BCUT2D eigenvalue weighted by Crippen LogP contribution is 2.24. The molecule has 0 saturated heterocycles. The minimum absolute atomic E-state index is 0.160. The molecule has 0 spiro atoms. The van der Waals surface area contributed by atoms with E-state index in [2.05, 4.69) is 4.98 Å². The molecule has 1 heterocycles. The Hall–Kier alpha value is -0.790. The number of hydrogen-bond donors (Lipinski definition) is 0. The van der Waals surface area contributed by atoms with Crippen molar-refractivity contribution in [3.05, 3.63) is 27.1 Å². The second-order valence-electron chi connectivity index (χ2n) is 2.99. The molecule has 88 valence electrons. The summed E-state index contributed by atoms with van der Waals surface area (Å²) in [7, 11) is 0. The lowest BCUT2D eigenvalue weighted by Gasteiger charge is -2.08. The van der Waals surface area contributed by atoms with Crippen LogP contribution in [0.4, 0.5) is 8.78 Å². The minimum Gasteiger partial charge on any atom is -0.466 e. The first-order chi connectivity index (χ1) is 7.54. The number of esters is 1. The summed E-state index contributed by atoms with van der Waals surface area (Å²) < 4.78 is 30.5. The molecule has 0 aliphatic rings. The summed E-state index contributed by atoms with van der Waals surface area (Å²) in [6.45, 7) is 1.90. The Morgan fingerprint density at radius 3 is 2.88 bits per heavy atom. The molecule has 0 atom stereocenters. The van der Waals surface area contributed by atoms with E-state index in [4.69, 9.17) is 4.74 Å². The average molecular weight is 341 g/mol. The van der Waals surface area contributed by atoms with Crippen molar-refractivity contribution in [1.29, 1.82) is 0 Å². The molecular weight excluding hydrogens is 331 g/mol. The molecule has 0 unspecified atom stereocenters. The van der Waals surface area contributed by atoms with Crippen molar-refractivity contribution in [1.82, 2.24) is 4.98 Å². The summed E-state index contributed by atoms with van der Waals surface area (Å²) in [4.78, 5) is 15.1. The molecule has 0 N–H and O–H groups in total. The van der Waals surface area contributed by atoms with Crippen molar-refractivity contribution < 1.29 is 18.3 Å². The quantitative estimate of drug-likeness (QED) is 0.480. The predicted octanol–water partition coefficient (Wildman–Crippen LogP) is 2.73. The van der Waals surface area contributed by atoms with E-state index in [0.29, 0.717) is 3.70 Å². The standard InChI is InChI=1S/C10H10F2INO2/c1-2-16-9(15)3-6-5-14-8(13)4-7(6)10(11)12/h4-5,10H,2-3H2,1H3. The molecule has 1 rings (SSSR count). The van der Waals surface area contributed by atoms with Gasteiger partial charge in [0.05, 0.1) is 13.0 Å². The Morgan fingerprint density at radius 2 is 2.31 bits per heavy atom. The van der Waals surface area contributed by atoms with E-state index in [0.717, 1.165) is 0 Å². The zero-order chi connectivity index (χ0) is 12.1. The summed E-state index contributed by atoms with van der Waals surface area (Å²) >= 11 is 1.85. The Morgan fingerprint density at radius 1 is 1.62 bits per heavy atom. The molecule has 6 heteroatoms. The normalized spacial score (nSPS) is 10.6. The van der Waals surface area contributed by atoms with Gasteiger partial charge in [0.25, 0.3) is 6.43 Å². The van der Waals surface area contributed by atoms with Gasteiger partial charge >= 0.3 is 5.97 Å². The summed E-state index contributed by atoms with van der Waals surface area (Å²) in [6, 6.07) is 1.28. The zero-order valence-electron chi connectivity index (χ0n) is 8.54. The fraction of sp³-hybridized carbons (Fsp3) is 0.400. The number of carbonyl (C=O) groups excluding carboxylic acids is 1. The van der Waals surface area contributed by atoms with Crippen LogP contribution in [0.2, 0.25) is 0 Å². The van der Waals surface area contributed by atoms with Gasteiger partial charge in [-0.05, 0) is 41.1 Å². The highest BCUT2D eigenvalue weighted by Gasteiger charge is 2.16. The highest BCUT2D eigenvalue weighted by molar-refractivity contribution is 14.1. The number of ether oxygens (including phenoxy) is 1. The molecule has 0 bridgehead atoms. The molecule has 1 aromatic rings. The molecule has 0 amide bonds. The monoisotopic (exact) mass is 341 g/mol. The number of halogens is 3. The van der Waals surface area contributed by atoms with Crippen LogP contribution in [0.1, 0.15) is 24.5 Å². The third-order valence-electron chi connectivity index (χ3n) is 1.86. The number of carbonyl (C=O) groups is 1. The fourth-order valence-electron chi connectivity index (χ4n) is 1.19. The predicted molar refractivity (Wildman–Crippen MR) is 62.2 cm³/mol. The van der Waals surface area contributed by atoms with E-state index in [1.54, 1.807) is 6.92 Å². The molecule has 0 aliphatic heterocycles. The van der Waals surface area contributed by atoms with Gasteiger partial charge in [-0.2, -0.15) is 0 Å². The summed E-state index contributed by atoms with van der Waals surface area (Å²) in [6.07, 6.45) is -1.49. The van der Waals surface area contributed by atoms with Crippen molar-refractivity contribution in [2.45, 2.75) is 19.8 Å². The van der Waals surface area contributed by atoms with E-state index in [1.807, 2.05) is 22.6 Å². The Kier molecular flexibility index (Phi) is 5.04. The van der Waals surface area contributed by atoms with Crippen molar-refractivity contribution in [2.24, 2.45) is 0 Å². The van der Waals surface area contributed by atoms with Gasteiger partial charge in [-0.25, -0.2) is 8.78 Å². The number of alkyl halides is 2. The van der Waals surface area contributed by atoms with E-state index in [1.165, 1.54) is 12.3 Å². The molecule has 1 aromatic heterocycles. The molecular formula is C10H10F2INO2. The van der Waals surface area contributed by atoms with Crippen LogP contribution in [0.25, 0.3) is 0 Å². The summed E-state index contributed by atoms with van der Waals surface area (Å²) in [5.74, 6) is -0.521. The molecule has 3 nitrogen and oxygen atoms in total. The SMILES string of the molecule is CCOC(=O)Cc1cnc(I)cc1C(F)F. The third kappa shape index (κ3) is 3.66. The first-order valence-corrected chi connectivity index (χ1v) is 5.70. The van der Waals surface area contributed by atoms with Gasteiger partial charge < -0.3 is 4.74 Å². The topological polar surface area (TPSA) is 39.2 Å². The van der Waals surface area contributed by atoms with Gasteiger partial charge in [-0.3, -0.25) is 9.78 Å². The van der Waals surface area contributed by atoms with Crippen LogP contribution in [0.5, 0.6) is 0 Å². The molecule has 0 radical (unpaired) electrons. The Bertz CT molecular complexity index is 385. The molecule has 0 aliphatic carbocycles. The van der Waals surface area contributed by atoms with Crippen LogP contribution >= 0.6 is 22.6 Å². The maximum absolute atomic E-state index is 12.7. The number of pyridine rings is 1. The van der Waals surface area contributed by atoms with Gasteiger partial charge in [0, 0.05) is 11.8 Å². The minimum atomic E-state index is -2.61. The summed E-state index contributed by atoms with van der Waals surface area (Å²) in [5.41, 5.74) is 0.0568. The average Bonchev–Trinajstić information content (AvgIpc) is 2.20. The number of rotatable bonds is 4. The van der Waals surface area contributed by atoms with Gasteiger partial charge in [-0.1, -0.05) is 0 Å². The van der Waals surface area contributed by atoms with Crippen LogP contribution in [-0.2, 0) is 16.0 Å². The van der Waals surface area contributed by atoms with Crippen LogP contribution < -0.4 is 0 Å². The highest BCUT2D eigenvalue weighted by atomic mass is 127. The number of nitrogens with zero attached hydrogens (tertiary/aromatic N) is 1. The fourth-order valence-corrected chi connectivity index (χ4v) is 1.67. The third-order valence-corrected chi connectivity index (χ3v) is 2.45. The lowest BCUT2D eigenvalue weighted by Crippen LogP contribution is -2.10. The van der Waals surface area contributed by atoms with Gasteiger partial charge in [0.15, 0.2) is 0 Å². The van der Waals surface area contributed by atoms with Gasteiger partial charge in [0.2, 0.25) is 0 Å². The van der Waals surface area contributed by atoms with Gasteiger partial charge in [-0.15, -0.1) is 0 Å². The molecule has 0 fully saturated rings. The van der Waals surface area contributed by atoms with Crippen molar-refractivity contribution in [2.75, 3.05) is 6.61 Å². The Balaban J connectivity index is 2.90. The van der Waals surface area contributed by atoms with Crippen molar-refractivity contribution in [3.8, 4) is 0 Å². The van der Waals surface area contributed by atoms with Gasteiger partial charge in [0.1, 0.15) is 3.70 Å². The van der Waals surface area contributed by atoms with Crippen LogP contribution in [0.15, 0.2) is 12.3 Å². The maximum atomic E-state index is 12.7. The van der Waals surface area contributed by atoms with Crippen LogP contribution in [-0.4, -0.2) is 17.6 Å². The first kappa shape index (κ1) is 13.3. The smallest absolute Gasteiger partial charge is 0.310 e. The van der Waals surface area contributed by atoms with E-state index < -0.39 is 12.4 Å². The molecule has 0 saturated carbocycles. The zero-order valence-corrected chi connectivity index (χ0v) is 10.7.